The fourth-order valence-electron chi connectivity index (χ4n) is 2.22. The molecule has 1 rings (SSSR count). The van der Waals surface area contributed by atoms with E-state index in [2.05, 4.69) is 5.32 Å². The zero-order valence-electron chi connectivity index (χ0n) is 13.0. The van der Waals surface area contributed by atoms with E-state index in [1.165, 1.54) is 4.90 Å². The van der Waals surface area contributed by atoms with Crippen LogP contribution in [0, 0.1) is 0 Å². The summed E-state index contributed by atoms with van der Waals surface area (Å²) >= 11 is 0. The summed E-state index contributed by atoms with van der Waals surface area (Å²) in [7, 11) is 0.638. The van der Waals surface area contributed by atoms with Gasteiger partial charge >= 0.3 is 11.8 Å². The molecule has 1 saturated heterocycles. The Morgan fingerprint density at radius 1 is 1.24 bits per heavy atom. The summed E-state index contributed by atoms with van der Waals surface area (Å²) in [5.74, 6) is -1.25. The first kappa shape index (κ1) is 17.9. The third kappa shape index (κ3) is 5.62. The average Bonchev–Trinajstić information content (AvgIpc) is 2.75. The molecule has 1 atom stereocenters. The Morgan fingerprint density at radius 3 is 2.38 bits per heavy atom. The molecule has 122 valence electrons. The number of hydrogen-bond donors (Lipinski definition) is 1. The van der Waals surface area contributed by atoms with Gasteiger partial charge in [0.2, 0.25) is 0 Å². The number of hydrogen-bond acceptors (Lipinski definition) is 5. The number of carbonyl (C=O) groups is 2. The zero-order chi connectivity index (χ0) is 16.0. The van der Waals surface area contributed by atoms with Gasteiger partial charge in [-0.25, -0.2) is 8.42 Å². The van der Waals surface area contributed by atoms with Crippen molar-refractivity contribution < 1.29 is 18.0 Å². The highest BCUT2D eigenvalue weighted by Crippen LogP contribution is 2.18. The number of rotatable bonds is 6. The quantitative estimate of drug-likeness (QED) is 0.641. The van der Waals surface area contributed by atoms with Crippen molar-refractivity contribution in [3.63, 3.8) is 0 Å². The van der Waals surface area contributed by atoms with Gasteiger partial charge in [-0.3, -0.25) is 9.59 Å². The Morgan fingerprint density at radius 2 is 1.90 bits per heavy atom. The molecule has 0 aromatic carbocycles. The van der Waals surface area contributed by atoms with Crippen LogP contribution in [0.1, 0.15) is 19.8 Å². The molecule has 1 unspecified atom stereocenters. The molecule has 8 heteroatoms. The van der Waals surface area contributed by atoms with Gasteiger partial charge in [0.1, 0.15) is 0 Å². The minimum atomic E-state index is -3.09. The summed E-state index contributed by atoms with van der Waals surface area (Å²) in [6.45, 7) is 3.28. The fraction of sp³-hybridized carbons (Fsp3) is 0.846. The van der Waals surface area contributed by atoms with Crippen molar-refractivity contribution in [3.05, 3.63) is 0 Å². The van der Waals surface area contributed by atoms with E-state index in [-0.39, 0.29) is 11.5 Å². The minimum absolute atomic E-state index is 0.0484. The first-order chi connectivity index (χ1) is 9.76. The Balaban J connectivity index is 2.76. The van der Waals surface area contributed by atoms with Gasteiger partial charge in [-0.15, -0.1) is 0 Å². The van der Waals surface area contributed by atoms with Crippen molar-refractivity contribution in [2.45, 2.75) is 25.8 Å². The van der Waals surface area contributed by atoms with Gasteiger partial charge in [0.25, 0.3) is 0 Å². The topological polar surface area (TPSA) is 86.8 Å². The molecule has 7 nitrogen and oxygen atoms in total. The maximum atomic E-state index is 12.3. The predicted octanol–water partition coefficient (Wildman–Crippen LogP) is -0.910. The second-order valence-electron chi connectivity index (χ2n) is 5.61. The van der Waals surface area contributed by atoms with Crippen molar-refractivity contribution in [2.24, 2.45) is 0 Å². The molecule has 0 saturated carbocycles. The largest absolute Gasteiger partial charge is 0.348 e. The van der Waals surface area contributed by atoms with Crippen LogP contribution in [0.2, 0.25) is 0 Å². The minimum Gasteiger partial charge on any atom is -0.348 e. The summed E-state index contributed by atoms with van der Waals surface area (Å²) in [5.41, 5.74) is 0. The highest BCUT2D eigenvalue weighted by molar-refractivity contribution is 7.91. The number of nitrogens with one attached hydrogen (secondary N) is 1. The van der Waals surface area contributed by atoms with Crippen LogP contribution < -0.4 is 5.32 Å². The van der Waals surface area contributed by atoms with Crippen LogP contribution in [0.5, 0.6) is 0 Å². The second kappa shape index (κ2) is 7.74. The second-order valence-corrected chi connectivity index (χ2v) is 7.84. The van der Waals surface area contributed by atoms with E-state index >= 15 is 0 Å². The van der Waals surface area contributed by atoms with Crippen LogP contribution in [-0.4, -0.2) is 81.3 Å². The van der Waals surface area contributed by atoms with Gasteiger partial charge in [0.15, 0.2) is 9.84 Å². The first-order valence-electron chi connectivity index (χ1n) is 7.20. The van der Waals surface area contributed by atoms with E-state index in [4.69, 9.17) is 0 Å². The van der Waals surface area contributed by atoms with Crippen LogP contribution in [-0.2, 0) is 19.4 Å². The summed E-state index contributed by atoms with van der Waals surface area (Å²) in [4.78, 5) is 27.4. The van der Waals surface area contributed by atoms with E-state index < -0.39 is 27.7 Å². The molecule has 0 spiro atoms. The summed E-state index contributed by atoms with van der Waals surface area (Å²) in [6, 6.07) is -0.394. The molecule has 0 bridgehead atoms. The van der Waals surface area contributed by atoms with E-state index in [9.17, 15) is 18.0 Å². The lowest BCUT2D eigenvalue weighted by atomic mass is 10.2. The summed E-state index contributed by atoms with van der Waals surface area (Å²) < 4.78 is 23.2. The van der Waals surface area contributed by atoms with Gasteiger partial charge in [0, 0.05) is 25.7 Å². The van der Waals surface area contributed by atoms with Gasteiger partial charge in [0.05, 0.1) is 11.5 Å². The molecule has 1 aliphatic heterocycles. The number of likely N-dealkylation sites (N-methyl/N-ethyl adjacent to an activating group) is 1. The lowest BCUT2D eigenvalue weighted by Gasteiger charge is -2.28. The molecule has 1 fully saturated rings. The Kier molecular flexibility index (Phi) is 6.60. The Labute approximate surface area is 126 Å². The molecular formula is C13H25N3O4S. The SMILES string of the molecule is CCCNC(=O)C(=O)N(CCN(C)C)C1CCS(=O)(=O)C1. The van der Waals surface area contributed by atoms with Crippen molar-refractivity contribution >= 4 is 21.7 Å². The van der Waals surface area contributed by atoms with Gasteiger partial charge in [-0.05, 0) is 26.9 Å². The van der Waals surface area contributed by atoms with E-state index in [0.717, 1.165) is 6.42 Å². The average molecular weight is 319 g/mol. The predicted molar refractivity (Wildman–Crippen MR) is 80.6 cm³/mol. The number of nitrogens with zero attached hydrogens (tertiary/aromatic N) is 2. The lowest BCUT2D eigenvalue weighted by Crippen LogP contribution is -2.50. The van der Waals surface area contributed by atoms with Crippen molar-refractivity contribution in [1.82, 2.24) is 15.1 Å². The zero-order valence-corrected chi connectivity index (χ0v) is 13.8. The lowest BCUT2D eigenvalue weighted by molar-refractivity contribution is -0.147. The van der Waals surface area contributed by atoms with E-state index in [1.807, 2.05) is 25.9 Å². The van der Waals surface area contributed by atoms with E-state index in [1.54, 1.807) is 0 Å². The molecule has 1 heterocycles. The molecule has 0 aromatic rings. The molecule has 0 radical (unpaired) electrons. The van der Waals surface area contributed by atoms with Crippen LogP contribution in [0.25, 0.3) is 0 Å². The van der Waals surface area contributed by atoms with Crippen LogP contribution >= 0.6 is 0 Å². The molecule has 1 N–H and O–H groups in total. The molecule has 1 aliphatic rings. The smallest absolute Gasteiger partial charge is 0.312 e. The summed E-state index contributed by atoms with van der Waals surface area (Å²) in [6.07, 6.45) is 1.15. The van der Waals surface area contributed by atoms with Crippen molar-refractivity contribution in [3.8, 4) is 0 Å². The van der Waals surface area contributed by atoms with Crippen molar-refractivity contribution in [1.29, 1.82) is 0 Å². The number of carbonyl (C=O) groups excluding carboxylic acids is 2. The number of sulfone groups is 1. The van der Waals surface area contributed by atoms with E-state index in [0.29, 0.717) is 26.1 Å². The maximum absolute atomic E-state index is 12.3. The van der Waals surface area contributed by atoms with Gasteiger partial charge in [-0.2, -0.15) is 0 Å². The normalized spacial score (nSPS) is 20.5. The molecule has 21 heavy (non-hydrogen) atoms. The van der Waals surface area contributed by atoms with Gasteiger partial charge in [-0.1, -0.05) is 6.92 Å². The fourth-order valence-corrected chi connectivity index (χ4v) is 3.95. The summed E-state index contributed by atoms with van der Waals surface area (Å²) in [5, 5.41) is 2.55. The van der Waals surface area contributed by atoms with Crippen molar-refractivity contribution in [2.75, 3.05) is 45.2 Å². The Hall–Kier alpha value is -1.15. The highest BCUT2D eigenvalue weighted by atomic mass is 32.2. The third-order valence-electron chi connectivity index (χ3n) is 3.43. The molecule has 0 aromatic heterocycles. The molecule has 2 amide bonds. The molecule has 0 aliphatic carbocycles. The highest BCUT2D eigenvalue weighted by Gasteiger charge is 2.36. The third-order valence-corrected chi connectivity index (χ3v) is 5.18. The maximum Gasteiger partial charge on any atom is 0.312 e. The molecular weight excluding hydrogens is 294 g/mol. The van der Waals surface area contributed by atoms with Crippen LogP contribution in [0.3, 0.4) is 0 Å². The standard InChI is InChI=1S/C13H25N3O4S/c1-4-6-14-12(17)13(18)16(8-7-15(2)3)11-5-9-21(19,20)10-11/h11H,4-10H2,1-3H3,(H,14,17). The van der Waals surface area contributed by atoms with Gasteiger partial charge < -0.3 is 15.1 Å². The van der Waals surface area contributed by atoms with Crippen LogP contribution in [0.4, 0.5) is 0 Å². The monoisotopic (exact) mass is 319 g/mol. The number of amides is 2. The first-order valence-corrected chi connectivity index (χ1v) is 9.03. The van der Waals surface area contributed by atoms with Crippen LogP contribution in [0.15, 0.2) is 0 Å². The Bertz CT molecular complexity index is 476.